The lowest BCUT2D eigenvalue weighted by Crippen LogP contribution is -2.26. The highest BCUT2D eigenvalue weighted by Crippen LogP contribution is 2.19. The number of hydrogen-bond donors (Lipinski definition) is 0. The first kappa shape index (κ1) is 15.0. The summed E-state index contributed by atoms with van der Waals surface area (Å²) in [6, 6.07) is 12.1. The summed E-state index contributed by atoms with van der Waals surface area (Å²) in [6.45, 7) is 2.49. The Morgan fingerprint density at radius 2 is 1.95 bits per heavy atom. The number of aryl methyl sites for hydroxylation is 1. The molecular formula is C17H18FNO2. The Morgan fingerprint density at radius 1 is 1.24 bits per heavy atom. The van der Waals surface area contributed by atoms with Gasteiger partial charge >= 0.3 is 0 Å². The highest BCUT2D eigenvalue weighted by molar-refractivity contribution is 5.94. The monoisotopic (exact) mass is 287 g/mol. The lowest BCUT2D eigenvalue weighted by Gasteiger charge is -2.19. The molecule has 110 valence electrons. The van der Waals surface area contributed by atoms with Crippen LogP contribution in [0.25, 0.3) is 0 Å². The smallest absolute Gasteiger partial charge is 0.254 e. The molecule has 0 spiro atoms. The molecule has 21 heavy (non-hydrogen) atoms. The van der Waals surface area contributed by atoms with Gasteiger partial charge in [0, 0.05) is 19.2 Å². The Morgan fingerprint density at radius 3 is 2.57 bits per heavy atom. The van der Waals surface area contributed by atoms with Gasteiger partial charge in [-0.25, -0.2) is 4.39 Å². The first-order chi connectivity index (χ1) is 10.0. The first-order valence-electron chi connectivity index (χ1n) is 6.66. The van der Waals surface area contributed by atoms with Gasteiger partial charge in [-0.15, -0.1) is 0 Å². The van der Waals surface area contributed by atoms with Crippen molar-refractivity contribution in [2.75, 3.05) is 14.2 Å². The lowest BCUT2D eigenvalue weighted by molar-refractivity contribution is 0.0784. The summed E-state index contributed by atoms with van der Waals surface area (Å²) in [6.07, 6.45) is 0. The molecule has 0 aliphatic heterocycles. The molecule has 2 rings (SSSR count). The molecule has 0 atom stereocenters. The lowest BCUT2D eigenvalue weighted by atomic mass is 10.1. The highest BCUT2D eigenvalue weighted by atomic mass is 19.1. The third-order valence-corrected chi connectivity index (χ3v) is 3.41. The topological polar surface area (TPSA) is 29.5 Å². The van der Waals surface area contributed by atoms with Crippen molar-refractivity contribution >= 4 is 5.91 Å². The Balaban J connectivity index is 2.16. The number of hydrogen-bond acceptors (Lipinski definition) is 2. The van der Waals surface area contributed by atoms with E-state index in [4.69, 9.17) is 4.74 Å². The molecule has 0 bridgehead atoms. The second kappa shape index (κ2) is 6.39. The minimum absolute atomic E-state index is 0.133. The normalized spacial score (nSPS) is 10.3. The molecule has 0 radical (unpaired) electrons. The molecule has 0 unspecified atom stereocenters. The third-order valence-electron chi connectivity index (χ3n) is 3.41. The molecule has 0 N–H and O–H groups in total. The molecule has 0 fully saturated rings. The fourth-order valence-electron chi connectivity index (χ4n) is 2.13. The molecule has 0 aliphatic rings. The predicted molar refractivity (Wildman–Crippen MR) is 79.9 cm³/mol. The molecule has 3 nitrogen and oxygen atoms in total. The molecule has 0 saturated carbocycles. The molecule has 2 aromatic rings. The summed E-state index contributed by atoms with van der Waals surface area (Å²) in [7, 11) is 3.10. The summed E-state index contributed by atoms with van der Waals surface area (Å²) >= 11 is 0. The third kappa shape index (κ3) is 3.40. The molecule has 2 aromatic carbocycles. The van der Waals surface area contributed by atoms with Gasteiger partial charge in [0.2, 0.25) is 0 Å². The van der Waals surface area contributed by atoms with Crippen molar-refractivity contribution in [3.05, 3.63) is 65.0 Å². The van der Waals surface area contributed by atoms with Crippen molar-refractivity contribution in [1.82, 2.24) is 4.90 Å². The second-order valence-corrected chi connectivity index (χ2v) is 4.94. The maximum atomic E-state index is 13.7. The number of ether oxygens (including phenoxy) is 1. The van der Waals surface area contributed by atoms with Crippen LogP contribution in [0.2, 0.25) is 0 Å². The molecule has 4 heteroatoms. The number of nitrogens with zero attached hydrogens (tertiary/aromatic N) is 1. The van der Waals surface area contributed by atoms with Crippen molar-refractivity contribution in [2.45, 2.75) is 13.5 Å². The molecule has 0 aromatic heterocycles. The van der Waals surface area contributed by atoms with Gasteiger partial charge in [-0.1, -0.05) is 24.3 Å². The number of amides is 1. The van der Waals surface area contributed by atoms with Gasteiger partial charge in [0.1, 0.15) is 0 Å². The van der Waals surface area contributed by atoms with Crippen molar-refractivity contribution in [3.8, 4) is 5.75 Å². The number of carbonyl (C=O) groups is 1. The van der Waals surface area contributed by atoms with Crippen LogP contribution in [-0.4, -0.2) is 25.0 Å². The zero-order valence-corrected chi connectivity index (χ0v) is 12.4. The van der Waals surface area contributed by atoms with E-state index in [0.29, 0.717) is 12.1 Å². The van der Waals surface area contributed by atoms with E-state index in [1.54, 1.807) is 18.0 Å². The first-order valence-corrected chi connectivity index (χ1v) is 6.66. The van der Waals surface area contributed by atoms with Gasteiger partial charge in [0.15, 0.2) is 11.6 Å². The van der Waals surface area contributed by atoms with Crippen molar-refractivity contribution in [1.29, 1.82) is 0 Å². The number of methoxy groups -OCH3 is 1. The largest absolute Gasteiger partial charge is 0.494 e. The Labute approximate surface area is 124 Å². The van der Waals surface area contributed by atoms with Crippen molar-refractivity contribution in [2.24, 2.45) is 0 Å². The zero-order chi connectivity index (χ0) is 15.4. The van der Waals surface area contributed by atoms with Gasteiger partial charge in [0.25, 0.3) is 5.91 Å². The Hall–Kier alpha value is -2.36. The molecule has 1 amide bonds. The second-order valence-electron chi connectivity index (χ2n) is 4.94. The molecule has 0 heterocycles. The van der Waals surface area contributed by atoms with Gasteiger partial charge in [-0.2, -0.15) is 0 Å². The Kier molecular flexibility index (Phi) is 4.58. The van der Waals surface area contributed by atoms with Crippen LogP contribution in [0.3, 0.4) is 0 Å². The van der Waals surface area contributed by atoms with Crippen LogP contribution in [0.4, 0.5) is 4.39 Å². The SMILES string of the molecule is COc1ccc(C(=O)N(C)Cc2ccccc2C)cc1F. The zero-order valence-electron chi connectivity index (χ0n) is 12.4. The maximum absolute atomic E-state index is 13.7. The van der Waals surface area contributed by atoms with E-state index >= 15 is 0 Å². The molecular weight excluding hydrogens is 269 g/mol. The van der Waals surface area contributed by atoms with Crippen molar-refractivity contribution in [3.63, 3.8) is 0 Å². The summed E-state index contributed by atoms with van der Waals surface area (Å²) in [5.41, 5.74) is 2.50. The number of halogens is 1. The van der Waals surface area contributed by atoms with E-state index in [-0.39, 0.29) is 11.7 Å². The van der Waals surface area contributed by atoms with E-state index in [2.05, 4.69) is 0 Å². The molecule has 0 saturated heterocycles. The fourth-order valence-corrected chi connectivity index (χ4v) is 2.13. The van der Waals surface area contributed by atoms with E-state index in [0.717, 1.165) is 11.1 Å². The summed E-state index contributed by atoms with van der Waals surface area (Å²) in [5, 5.41) is 0. The highest BCUT2D eigenvalue weighted by Gasteiger charge is 2.15. The van der Waals surface area contributed by atoms with E-state index in [9.17, 15) is 9.18 Å². The molecule has 0 aliphatic carbocycles. The minimum atomic E-state index is -0.535. The fraction of sp³-hybridized carbons (Fsp3) is 0.235. The van der Waals surface area contributed by atoms with E-state index in [1.165, 1.54) is 19.2 Å². The minimum Gasteiger partial charge on any atom is -0.494 e. The number of rotatable bonds is 4. The number of carbonyl (C=O) groups excluding carboxylic acids is 1. The average Bonchev–Trinajstić information content (AvgIpc) is 2.48. The summed E-state index contributed by atoms with van der Waals surface area (Å²) in [4.78, 5) is 13.9. The maximum Gasteiger partial charge on any atom is 0.254 e. The van der Waals surface area contributed by atoms with Crippen LogP contribution in [-0.2, 0) is 6.54 Å². The van der Waals surface area contributed by atoms with Crippen molar-refractivity contribution < 1.29 is 13.9 Å². The van der Waals surface area contributed by atoms with Crippen LogP contribution in [0, 0.1) is 12.7 Å². The van der Waals surface area contributed by atoms with Gasteiger partial charge < -0.3 is 9.64 Å². The average molecular weight is 287 g/mol. The summed E-state index contributed by atoms with van der Waals surface area (Å²) < 4.78 is 18.5. The quantitative estimate of drug-likeness (QED) is 0.862. The van der Waals surface area contributed by atoms with E-state index < -0.39 is 5.82 Å². The van der Waals surface area contributed by atoms with Gasteiger partial charge in [-0.05, 0) is 36.2 Å². The van der Waals surface area contributed by atoms with Gasteiger partial charge in [-0.3, -0.25) is 4.79 Å². The van der Waals surface area contributed by atoms with Crippen LogP contribution in [0.15, 0.2) is 42.5 Å². The van der Waals surface area contributed by atoms with Crippen LogP contribution >= 0.6 is 0 Å². The van der Waals surface area contributed by atoms with E-state index in [1.807, 2.05) is 31.2 Å². The number of benzene rings is 2. The van der Waals surface area contributed by atoms with Gasteiger partial charge in [0.05, 0.1) is 7.11 Å². The standard InChI is InChI=1S/C17H18FNO2/c1-12-6-4-5-7-14(12)11-19(2)17(20)13-8-9-16(21-3)15(18)10-13/h4-10H,11H2,1-3H3. The van der Waals surface area contributed by atoms with Crippen LogP contribution in [0.1, 0.15) is 21.5 Å². The van der Waals surface area contributed by atoms with Crippen LogP contribution in [0.5, 0.6) is 5.75 Å². The Bertz CT molecular complexity index is 655. The van der Waals surface area contributed by atoms with Crippen LogP contribution < -0.4 is 4.74 Å². The summed E-state index contributed by atoms with van der Waals surface area (Å²) in [5.74, 6) is -0.624. The predicted octanol–water partition coefficient (Wildman–Crippen LogP) is 3.41.